The number of nitrogens with zero attached hydrogens (tertiary/aromatic N) is 3. The Morgan fingerprint density at radius 2 is 2.21 bits per heavy atom. The molecule has 0 aliphatic heterocycles. The Morgan fingerprint density at radius 1 is 1.50 bits per heavy atom. The number of aromatic nitrogens is 3. The second kappa shape index (κ2) is 4.39. The molecular formula is C7H3BrN3NaO2. The third kappa shape index (κ3) is 1.98. The number of halogens is 1. The number of carboxylic acid groups (broad SMARTS) is 1. The second-order valence-corrected chi connectivity index (χ2v) is 3.30. The monoisotopic (exact) mass is 263 g/mol. The van der Waals surface area contributed by atoms with Gasteiger partial charge in [0.15, 0.2) is 11.5 Å². The molecule has 5 nitrogen and oxygen atoms in total. The van der Waals surface area contributed by atoms with Crippen molar-refractivity contribution >= 4 is 27.5 Å². The molecule has 2 heterocycles. The van der Waals surface area contributed by atoms with Crippen LogP contribution in [0.25, 0.3) is 5.65 Å². The Bertz CT molecular complexity index is 485. The van der Waals surface area contributed by atoms with Gasteiger partial charge in [-0.1, -0.05) is 15.9 Å². The summed E-state index contributed by atoms with van der Waals surface area (Å²) in [6.45, 7) is 0. The van der Waals surface area contributed by atoms with Crippen LogP contribution in [0.15, 0.2) is 22.8 Å². The summed E-state index contributed by atoms with van der Waals surface area (Å²) in [5.74, 6) is -1.53. The Balaban J connectivity index is 0.000000980. The number of aromatic carboxylic acids is 1. The van der Waals surface area contributed by atoms with Gasteiger partial charge in [0, 0.05) is 10.7 Å². The first-order valence-corrected chi connectivity index (χ1v) is 4.19. The topological polar surface area (TPSA) is 70.3 Å². The molecule has 0 amide bonds. The minimum Gasteiger partial charge on any atom is -0.541 e. The molecule has 2 rings (SSSR count). The summed E-state index contributed by atoms with van der Waals surface area (Å²) < 4.78 is 2.16. The molecule has 66 valence electrons. The maximum Gasteiger partial charge on any atom is 1.00 e. The average molecular weight is 264 g/mol. The van der Waals surface area contributed by atoms with E-state index in [4.69, 9.17) is 0 Å². The number of carboxylic acids is 1. The van der Waals surface area contributed by atoms with Gasteiger partial charge in [-0.3, -0.25) is 4.40 Å². The van der Waals surface area contributed by atoms with Gasteiger partial charge in [-0.05, 0) is 12.1 Å². The first-order valence-electron chi connectivity index (χ1n) is 3.40. The minimum atomic E-state index is -1.34. The van der Waals surface area contributed by atoms with E-state index in [-0.39, 0.29) is 35.4 Å². The Hall–Kier alpha value is -0.430. The number of hydrogen-bond donors (Lipinski definition) is 0. The first-order chi connectivity index (χ1) is 6.18. The molecule has 7 heteroatoms. The zero-order chi connectivity index (χ0) is 9.42. The molecule has 0 unspecified atom stereocenters. The van der Waals surface area contributed by atoms with Crippen molar-refractivity contribution in [1.82, 2.24) is 14.6 Å². The SMILES string of the molecule is O=C([O-])c1nnc2cc(Br)ccn12.[Na+]. The van der Waals surface area contributed by atoms with Crippen LogP contribution in [-0.2, 0) is 0 Å². The molecule has 0 N–H and O–H groups in total. The van der Waals surface area contributed by atoms with Crippen LogP contribution >= 0.6 is 15.9 Å². The van der Waals surface area contributed by atoms with E-state index in [1.54, 1.807) is 18.3 Å². The minimum absolute atomic E-state index is 0. The van der Waals surface area contributed by atoms with Gasteiger partial charge in [0.25, 0.3) is 0 Å². The third-order valence-electron chi connectivity index (χ3n) is 1.55. The molecule has 0 aromatic carbocycles. The van der Waals surface area contributed by atoms with E-state index >= 15 is 0 Å². The van der Waals surface area contributed by atoms with Crippen molar-refractivity contribution in [3.05, 3.63) is 28.6 Å². The van der Waals surface area contributed by atoms with Crippen molar-refractivity contribution in [2.45, 2.75) is 0 Å². The fourth-order valence-electron chi connectivity index (χ4n) is 1.01. The summed E-state index contributed by atoms with van der Waals surface area (Å²) in [5.41, 5.74) is 0.466. The van der Waals surface area contributed by atoms with E-state index in [9.17, 15) is 9.90 Å². The molecule has 0 aliphatic carbocycles. The van der Waals surface area contributed by atoms with Crippen LogP contribution in [0.2, 0.25) is 0 Å². The number of hydrogen-bond acceptors (Lipinski definition) is 4. The quantitative estimate of drug-likeness (QED) is 0.510. The van der Waals surface area contributed by atoms with Crippen LogP contribution in [0, 0.1) is 0 Å². The molecule has 0 bridgehead atoms. The normalized spacial score (nSPS) is 9.79. The van der Waals surface area contributed by atoms with E-state index < -0.39 is 5.97 Å². The average Bonchev–Trinajstić information content (AvgIpc) is 2.46. The molecular weight excluding hydrogens is 261 g/mol. The Labute approximate surface area is 110 Å². The maximum absolute atomic E-state index is 10.5. The van der Waals surface area contributed by atoms with Gasteiger partial charge in [-0.15, -0.1) is 10.2 Å². The summed E-state index contributed by atoms with van der Waals surface area (Å²) >= 11 is 3.23. The predicted octanol–water partition coefficient (Wildman–Crippen LogP) is -3.14. The third-order valence-corrected chi connectivity index (χ3v) is 2.05. The number of fused-ring (bicyclic) bond motifs is 1. The fourth-order valence-corrected chi connectivity index (χ4v) is 1.33. The number of carbonyl (C=O) groups excluding carboxylic acids is 1. The van der Waals surface area contributed by atoms with E-state index in [1.165, 1.54) is 4.40 Å². The van der Waals surface area contributed by atoms with Crippen LogP contribution < -0.4 is 34.7 Å². The standard InChI is InChI=1S/C7H4BrN3O2.Na/c8-4-1-2-11-5(3-4)9-10-6(11)7(12)13;/h1-3H,(H,12,13);/q;+1/p-1. The van der Waals surface area contributed by atoms with Crippen molar-refractivity contribution in [1.29, 1.82) is 0 Å². The van der Waals surface area contributed by atoms with Crippen molar-refractivity contribution in [2.75, 3.05) is 0 Å². The Morgan fingerprint density at radius 3 is 2.86 bits per heavy atom. The molecule has 0 radical (unpaired) electrons. The van der Waals surface area contributed by atoms with E-state index in [1.807, 2.05) is 0 Å². The number of pyridine rings is 1. The van der Waals surface area contributed by atoms with Gasteiger partial charge in [0.2, 0.25) is 0 Å². The molecule has 0 spiro atoms. The predicted molar refractivity (Wildman–Crippen MR) is 45.0 cm³/mol. The second-order valence-electron chi connectivity index (χ2n) is 2.38. The summed E-state index contributed by atoms with van der Waals surface area (Å²) in [4.78, 5) is 10.5. The molecule has 0 saturated carbocycles. The van der Waals surface area contributed by atoms with Gasteiger partial charge < -0.3 is 9.90 Å². The summed E-state index contributed by atoms with van der Waals surface area (Å²) in [6, 6.07) is 3.36. The molecule has 2 aromatic heterocycles. The van der Waals surface area contributed by atoms with Crippen molar-refractivity contribution < 1.29 is 39.5 Å². The molecule has 14 heavy (non-hydrogen) atoms. The number of carbonyl (C=O) groups is 1. The van der Waals surface area contributed by atoms with Crippen LogP contribution in [0.3, 0.4) is 0 Å². The van der Waals surface area contributed by atoms with Crippen molar-refractivity contribution in [2.24, 2.45) is 0 Å². The Kier molecular flexibility index (Phi) is 3.65. The van der Waals surface area contributed by atoms with Crippen LogP contribution in [-0.4, -0.2) is 20.6 Å². The van der Waals surface area contributed by atoms with E-state index in [0.29, 0.717) is 5.65 Å². The van der Waals surface area contributed by atoms with Crippen LogP contribution in [0.1, 0.15) is 10.6 Å². The molecule has 0 fully saturated rings. The molecule has 0 saturated heterocycles. The zero-order valence-corrected chi connectivity index (χ0v) is 10.9. The zero-order valence-electron chi connectivity index (χ0n) is 7.27. The van der Waals surface area contributed by atoms with Crippen molar-refractivity contribution in [3.8, 4) is 0 Å². The van der Waals surface area contributed by atoms with Gasteiger partial charge in [-0.2, -0.15) is 0 Å². The summed E-state index contributed by atoms with van der Waals surface area (Å²) in [7, 11) is 0. The van der Waals surface area contributed by atoms with Gasteiger partial charge in [-0.25, -0.2) is 0 Å². The smallest absolute Gasteiger partial charge is 0.541 e. The van der Waals surface area contributed by atoms with E-state index in [2.05, 4.69) is 26.1 Å². The van der Waals surface area contributed by atoms with Gasteiger partial charge >= 0.3 is 29.6 Å². The molecule has 0 aliphatic rings. The van der Waals surface area contributed by atoms with Crippen LogP contribution in [0.5, 0.6) is 0 Å². The first kappa shape index (κ1) is 11.6. The van der Waals surface area contributed by atoms with Crippen LogP contribution in [0.4, 0.5) is 0 Å². The van der Waals surface area contributed by atoms with Gasteiger partial charge in [0.05, 0.1) is 0 Å². The molecule has 2 aromatic rings. The number of rotatable bonds is 1. The van der Waals surface area contributed by atoms with Crippen molar-refractivity contribution in [3.63, 3.8) is 0 Å². The molecule has 0 atom stereocenters. The summed E-state index contributed by atoms with van der Waals surface area (Å²) in [5, 5.41) is 17.6. The fraction of sp³-hybridized carbons (Fsp3) is 0. The largest absolute Gasteiger partial charge is 1.00 e. The van der Waals surface area contributed by atoms with E-state index in [0.717, 1.165) is 4.47 Å². The summed E-state index contributed by atoms with van der Waals surface area (Å²) in [6.07, 6.45) is 1.56. The van der Waals surface area contributed by atoms with Gasteiger partial charge in [0.1, 0.15) is 5.97 Å². The maximum atomic E-state index is 10.5.